The van der Waals surface area contributed by atoms with Gasteiger partial charge in [-0.2, -0.15) is 5.11 Å². The SMILES string of the molecule is CCCSc1nc2c(c(N[C@@H]3C[C@H]3c3ccc(F)c(F)c3)n1)N=N[C@@H]([C@@]1(O)C[C@@H](O)[C@H](OCCO)[C@H]1O)CC2. The van der Waals surface area contributed by atoms with E-state index in [1.807, 2.05) is 0 Å². The Labute approximate surface area is 228 Å². The first-order chi connectivity index (χ1) is 18.7. The number of thioether (sulfide) groups is 1. The van der Waals surface area contributed by atoms with Crippen LogP contribution in [-0.4, -0.2) is 85.4 Å². The highest BCUT2D eigenvalue weighted by Crippen LogP contribution is 2.46. The first-order valence-electron chi connectivity index (χ1n) is 13.2. The van der Waals surface area contributed by atoms with E-state index in [0.29, 0.717) is 47.2 Å². The molecule has 7 atom stereocenters. The molecule has 2 aromatic rings. The fourth-order valence-electron chi connectivity index (χ4n) is 5.36. The number of nitrogens with one attached hydrogen (secondary N) is 1. The Morgan fingerprint density at radius 3 is 2.77 bits per heavy atom. The van der Waals surface area contributed by atoms with Gasteiger partial charge in [-0.1, -0.05) is 24.8 Å². The Balaban J connectivity index is 1.38. The summed E-state index contributed by atoms with van der Waals surface area (Å²) in [5.74, 6) is -0.484. The molecule has 3 aliphatic rings. The fraction of sp³-hybridized carbons (Fsp3) is 0.615. The van der Waals surface area contributed by atoms with Crippen molar-refractivity contribution in [3.63, 3.8) is 0 Å². The molecule has 5 N–H and O–H groups in total. The molecule has 10 nitrogen and oxygen atoms in total. The second-order valence-electron chi connectivity index (χ2n) is 10.3. The predicted octanol–water partition coefficient (Wildman–Crippen LogP) is 2.86. The molecule has 1 aliphatic heterocycles. The Hall–Kier alpha value is -2.29. The number of aliphatic hydroxyl groups is 4. The van der Waals surface area contributed by atoms with Crippen molar-refractivity contribution in [3.05, 3.63) is 41.1 Å². The molecule has 39 heavy (non-hydrogen) atoms. The molecule has 0 spiro atoms. The number of aromatic nitrogens is 2. The Morgan fingerprint density at radius 1 is 1.21 bits per heavy atom. The minimum atomic E-state index is -1.78. The Morgan fingerprint density at radius 2 is 2.03 bits per heavy atom. The molecular formula is C26H33F2N5O5S. The summed E-state index contributed by atoms with van der Waals surface area (Å²) in [7, 11) is 0. The molecule has 0 radical (unpaired) electrons. The highest BCUT2D eigenvalue weighted by Gasteiger charge is 2.57. The van der Waals surface area contributed by atoms with Gasteiger partial charge >= 0.3 is 0 Å². The zero-order valence-corrected chi connectivity index (χ0v) is 22.3. The monoisotopic (exact) mass is 565 g/mol. The largest absolute Gasteiger partial charge is 0.394 e. The van der Waals surface area contributed by atoms with E-state index in [9.17, 15) is 24.1 Å². The highest BCUT2D eigenvalue weighted by molar-refractivity contribution is 7.99. The van der Waals surface area contributed by atoms with Gasteiger partial charge in [0.2, 0.25) is 0 Å². The third-order valence-corrected chi connectivity index (χ3v) is 8.58. The third kappa shape index (κ3) is 5.79. The number of benzene rings is 1. The average molecular weight is 566 g/mol. The van der Waals surface area contributed by atoms with Gasteiger partial charge in [0, 0.05) is 24.1 Å². The molecule has 0 amide bonds. The summed E-state index contributed by atoms with van der Waals surface area (Å²) in [6.45, 7) is 1.70. The van der Waals surface area contributed by atoms with E-state index in [4.69, 9.17) is 14.8 Å². The van der Waals surface area contributed by atoms with Gasteiger partial charge in [-0.3, -0.25) is 0 Å². The van der Waals surface area contributed by atoms with Gasteiger partial charge in [-0.15, -0.1) is 5.11 Å². The molecule has 1 aromatic heterocycles. The van der Waals surface area contributed by atoms with Crippen LogP contribution in [0.4, 0.5) is 20.3 Å². The second-order valence-corrected chi connectivity index (χ2v) is 11.4. The minimum Gasteiger partial charge on any atom is -0.394 e. The zero-order chi connectivity index (χ0) is 27.7. The van der Waals surface area contributed by atoms with Gasteiger partial charge in [0.25, 0.3) is 0 Å². The zero-order valence-electron chi connectivity index (χ0n) is 21.5. The first kappa shape index (κ1) is 28.2. The second kappa shape index (κ2) is 11.7. The summed E-state index contributed by atoms with van der Waals surface area (Å²) >= 11 is 1.51. The standard InChI is InChI=1S/C26H33F2N5O5S/c1-2-9-39-25-30-17-5-6-20(26(37)12-19(35)22(23(26)36)38-8-7-34)32-33-21(17)24(31-25)29-18-11-14(18)13-3-4-15(27)16(28)10-13/h3-4,10,14,18-20,22-23,34-37H,2,5-9,11-12H2,1H3,(H,29,30,31)/t14-,18+,19+,20+,22-,23+,26-/m0/s1. The van der Waals surface area contributed by atoms with Crippen molar-refractivity contribution in [3.8, 4) is 0 Å². The summed E-state index contributed by atoms with van der Waals surface area (Å²) in [4.78, 5) is 9.37. The van der Waals surface area contributed by atoms with Crippen molar-refractivity contribution in [2.45, 2.75) is 86.1 Å². The lowest BCUT2D eigenvalue weighted by Gasteiger charge is -2.32. The lowest BCUT2D eigenvalue weighted by molar-refractivity contribution is -0.124. The van der Waals surface area contributed by atoms with Gasteiger partial charge in [0.1, 0.15) is 29.5 Å². The molecule has 0 bridgehead atoms. The molecule has 5 rings (SSSR count). The van der Waals surface area contributed by atoms with E-state index in [2.05, 4.69) is 27.5 Å². The van der Waals surface area contributed by atoms with Crippen molar-refractivity contribution < 1.29 is 33.9 Å². The number of nitrogens with zero attached hydrogens (tertiary/aromatic N) is 4. The van der Waals surface area contributed by atoms with Crippen molar-refractivity contribution in [1.29, 1.82) is 0 Å². The number of anilines is 1. The number of hydrogen-bond acceptors (Lipinski definition) is 11. The first-order valence-corrected chi connectivity index (χ1v) is 14.2. The normalized spacial score (nSPS) is 31.7. The smallest absolute Gasteiger partial charge is 0.189 e. The summed E-state index contributed by atoms with van der Waals surface area (Å²) in [5, 5.41) is 54.5. The van der Waals surface area contributed by atoms with E-state index >= 15 is 0 Å². The Kier molecular flexibility index (Phi) is 8.45. The molecular weight excluding hydrogens is 532 g/mol. The van der Waals surface area contributed by atoms with E-state index < -0.39 is 41.6 Å². The van der Waals surface area contributed by atoms with Crippen LogP contribution in [0.3, 0.4) is 0 Å². The lowest BCUT2D eigenvalue weighted by atomic mass is 9.87. The van der Waals surface area contributed by atoms with E-state index in [1.54, 1.807) is 6.07 Å². The van der Waals surface area contributed by atoms with Crippen molar-refractivity contribution in [2.75, 3.05) is 24.3 Å². The molecule has 13 heteroatoms. The van der Waals surface area contributed by atoms with E-state index in [0.717, 1.165) is 18.2 Å². The lowest BCUT2D eigenvalue weighted by Crippen LogP contribution is -2.51. The number of halogens is 2. The van der Waals surface area contributed by atoms with Crippen LogP contribution in [0.15, 0.2) is 33.6 Å². The topological polar surface area (TPSA) is 153 Å². The highest BCUT2D eigenvalue weighted by atomic mass is 32.2. The molecule has 212 valence electrons. The maximum absolute atomic E-state index is 13.8. The van der Waals surface area contributed by atoms with Crippen LogP contribution in [-0.2, 0) is 11.2 Å². The van der Waals surface area contributed by atoms with Crippen molar-refractivity contribution in [1.82, 2.24) is 9.97 Å². The summed E-state index contributed by atoms with van der Waals surface area (Å²) < 4.78 is 32.5. The van der Waals surface area contributed by atoms with Gasteiger partial charge in [-0.05, 0) is 43.4 Å². The molecule has 2 fully saturated rings. The average Bonchev–Trinajstić information content (AvgIpc) is 3.67. The van der Waals surface area contributed by atoms with Gasteiger partial charge in [0.05, 0.1) is 25.0 Å². The third-order valence-electron chi connectivity index (χ3n) is 7.52. The number of rotatable bonds is 10. The van der Waals surface area contributed by atoms with Gasteiger partial charge in [-0.25, -0.2) is 18.7 Å². The molecule has 2 heterocycles. The number of hydrogen-bond donors (Lipinski definition) is 5. The Bertz CT molecular complexity index is 1230. The van der Waals surface area contributed by atoms with Crippen LogP contribution < -0.4 is 5.32 Å². The van der Waals surface area contributed by atoms with Crippen LogP contribution in [0.25, 0.3) is 0 Å². The summed E-state index contributed by atoms with van der Waals surface area (Å²) in [6, 6.07) is 3.03. The van der Waals surface area contributed by atoms with Crippen LogP contribution in [0.2, 0.25) is 0 Å². The van der Waals surface area contributed by atoms with Crippen LogP contribution in [0.1, 0.15) is 49.8 Å². The number of fused-ring (bicyclic) bond motifs is 1. The number of ether oxygens (including phenoxy) is 1. The number of azo groups is 1. The summed E-state index contributed by atoms with van der Waals surface area (Å²) in [5.41, 5.74) is -0.00552. The van der Waals surface area contributed by atoms with Gasteiger partial charge < -0.3 is 30.5 Å². The van der Waals surface area contributed by atoms with Crippen LogP contribution in [0.5, 0.6) is 0 Å². The van der Waals surface area contributed by atoms with Crippen molar-refractivity contribution in [2.24, 2.45) is 10.2 Å². The minimum absolute atomic E-state index is 0.0142. The predicted molar refractivity (Wildman–Crippen MR) is 139 cm³/mol. The van der Waals surface area contributed by atoms with Crippen LogP contribution >= 0.6 is 11.8 Å². The number of aliphatic hydroxyl groups excluding tert-OH is 3. The molecule has 0 unspecified atom stereocenters. The molecule has 1 aromatic carbocycles. The van der Waals surface area contributed by atoms with Gasteiger partial charge in [0.15, 0.2) is 22.6 Å². The maximum Gasteiger partial charge on any atom is 0.189 e. The number of aryl methyl sites for hydroxylation is 1. The van der Waals surface area contributed by atoms with Crippen LogP contribution in [0, 0.1) is 11.6 Å². The molecule has 0 saturated heterocycles. The fourth-order valence-corrected chi connectivity index (χ4v) is 6.07. The quantitative estimate of drug-likeness (QED) is 0.216. The summed E-state index contributed by atoms with van der Waals surface area (Å²) in [6.07, 6.45) is -1.41. The van der Waals surface area contributed by atoms with Crippen molar-refractivity contribution >= 4 is 23.3 Å². The molecule has 2 saturated carbocycles. The van der Waals surface area contributed by atoms with E-state index in [-0.39, 0.29) is 31.6 Å². The molecule has 2 aliphatic carbocycles. The maximum atomic E-state index is 13.8. The van der Waals surface area contributed by atoms with E-state index in [1.165, 1.54) is 17.8 Å².